The molecule has 3 rings (SSSR count). The molecule has 0 saturated heterocycles. The van der Waals surface area contributed by atoms with E-state index in [1.807, 2.05) is 39.8 Å². The molecule has 3 aromatic rings. The van der Waals surface area contributed by atoms with Gasteiger partial charge in [-0.1, -0.05) is 18.2 Å². The van der Waals surface area contributed by atoms with Crippen LogP contribution in [0.1, 0.15) is 12.0 Å². The third-order valence-electron chi connectivity index (χ3n) is 3.40. The number of imidazole rings is 1. The Balaban J connectivity index is 1.83. The average Bonchev–Trinajstić information content (AvgIpc) is 3.16. The molecule has 0 spiro atoms. The second-order valence-electron chi connectivity index (χ2n) is 5.06. The molecular weight excluding hydrogens is 278 g/mol. The number of carbonyl (C=O) groups is 1. The highest BCUT2D eigenvalue weighted by atomic mass is 16.1. The molecule has 0 saturated carbocycles. The van der Waals surface area contributed by atoms with E-state index in [1.54, 1.807) is 12.4 Å². The Kier molecular flexibility index (Phi) is 4.00. The van der Waals surface area contributed by atoms with E-state index in [4.69, 9.17) is 5.73 Å². The first-order valence-corrected chi connectivity index (χ1v) is 7.08. The summed E-state index contributed by atoms with van der Waals surface area (Å²) in [5, 5.41) is 4.21. The first kappa shape index (κ1) is 14.1. The molecule has 1 amide bonds. The molecule has 0 radical (unpaired) electrons. The van der Waals surface area contributed by atoms with Crippen LogP contribution in [-0.2, 0) is 17.9 Å². The molecule has 0 aliphatic heterocycles. The lowest BCUT2D eigenvalue weighted by Gasteiger charge is -2.08. The number of carbonyl (C=O) groups excluding carboxylic acids is 1. The number of hydrogen-bond donors (Lipinski definition) is 1. The van der Waals surface area contributed by atoms with Crippen molar-refractivity contribution in [1.82, 2.24) is 19.3 Å². The molecular formula is C16H17N5O. The van der Waals surface area contributed by atoms with Crippen molar-refractivity contribution >= 4 is 5.91 Å². The van der Waals surface area contributed by atoms with Crippen molar-refractivity contribution in [3.05, 3.63) is 60.7 Å². The van der Waals surface area contributed by atoms with Gasteiger partial charge in [-0.05, 0) is 17.7 Å². The first-order valence-electron chi connectivity index (χ1n) is 7.08. The number of nitrogens with zero attached hydrogens (tertiary/aromatic N) is 4. The molecule has 2 heterocycles. The van der Waals surface area contributed by atoms with Crippen LogP contribution in [-0.4, -0.2) is 25.2 Å². The number of hydrogen-bond acceptors (Lipinski definition) is 3. The Morgan fingerprint density at radius 1 is 1.18 bits per heavy atom. The zero-order valence-electron chi connectivity index (χ0n) is 12.1. The van der Waals surface area contributed by atoms with Gasteiger partial charge in [-0.3, -0.25) is 9.48 Å². The maximum atomic E-state index is 11.0. The molecule has 0 unspecified atom stereocenters. The van der Waals surface area contributed by atoms with Crippen LogP contribution in [0.25, 0.3) is 11.4 Å². The van der Waals surface area contributed by atoms with E-state index in [0.717, 1.165) is 17.0 Å². The van der Waals surface area contributed by atoms with Crippen LogP contribution in [0, 0.1) is 0 Å². The monoisotopic (exact) mass is 295 g/mol. The number of amides is 1. The molecule has 1 aromatic carbocycles. The lowest BCUT2D eigenvalue weighted by atomic mass is 10.1. The summed E-state index contributed by atoms with van der Waals surface area (Å²) < 4.78 is 3.82. The fourth-order valence-electron chi connectivity index (χ4n) is 2.37. The van der Waals surface area contributed by atoms with Gasteiger partial charge in [0.05, 0.1) is 6.54 Å². The van der Waals surface area contributed by atoms with Crippen molar-refractivity contribution in [2.24, 2.45) is 5.73 Å². The number of nitrogens with two attached hydrogens (primary N) is 1. The van der Waals surface area contributed by atoms with Gasteiger partial charge in [-0.15, -0.1) is 0 Å². The van der Waals surface area contributed by atoms with E-state index >= 15 is 0 Å². The molecule has 0 fully saturated rings. The number of aryl methyl sites for hydroxylation is 1. The zero-order chi connectivity index (χ0) is 15.4. The van der Waals surface area contributed by atoms with Crippen LogP contribution in [0.3, 0.4) is 0 Å². The second kappa shape index (κ2) is 6.26. The highest BCUT2D eigenvalue weighted by Crippen LogP contribution is 2.19. The summed E-state index contributed by atoms with van der Waals surface area (Å²) in [6.45, 7) is 1.25. The SMILES string of the molecule is NC(=O)CCn1ccnc1-c1cccc(Cn2cccn2)c1. The van der Waals surface area contributed by atoms with Gasteiger partial charge in [0, 0.05) is 43.3 Å². The molecule has 6 heteroatoms. The maximum Gasteiger partial charge on any atom is 0.219 e. The van der Waals surface area contributed by atoms with Gasteiger partial charge in [-0.2, -0.15) is 5.10 Å². The summed E-state index contributed by atoms with van der Waals surface area (Å²) >= 11 is 0. The number of benzene rings is 1. The second-order valence-corrected chi connectivity index (χ2v) is 5.06. The van der Waals surface area contributed by atoms with Gasteiger partial charge in [-0.25, -0.2) is 4.98 Å². The minimum atomic E-state index is -0.313. The summed E-state index contributed by atoms with van der Waals surface area (Å²) in [6, 6.07) is 10.1. The van der Waals surface area contributed by atoms with Gasteiger partial charge >= 0.3 is 0 Å². The fraction of sp³-hybridized carbons (Fsp3) is 0.188. The lowest BCUT2D eigenvalue weighted by molar-refractivity contribution is -0.118. The Bertz CT molecular complexity index is 760. The van der Waals surface area contributed by atoms with Crippen LogP contribution in [0.5, 0.6) is 0 Å². The van der Waals surface area contributed by atoms with Crippen molar-refractivity contribution in [1.29, 1.82) is 0 Å². The van der Waals surface area contributed by atoms with Crippen molar-refractivity contribution in [3.63, 3.8) is 0 Å². The predicted molar refractivity (Wildman–Crippen MR) is 82.8 cm³/mol. The van der Waals surface area contributed by atoms with E-state index < -0.39 is 0 Å². The van der Waals surface area contributed by atoms with Crippen LogP contribution >= 0.6 is 0 Å². The van der Waals surface area contributed by atoms with Crippen molar-refractivity contribution in [2.75, 3.05) is 0 Å². The van der Waals surface area contributed by atoms with Crippen molar-refractivity contribution < 1.29 is 4.79 Å². The summed E-state index contributed by atoms with van der Waals surface area (Å²) in [5.74, 6) is 0.524. The zero-order valence-corrected chi connectivity index (χ0v) is 12.1. The van der Waals surface area contributed by atoms with Gasteiger partial charge in [0.1, 0.15) is 5.82 Å². The molecule has 0 aliphatic rings. The normalized spacial score (nSPS) is 10.7. The molecule has 2 aromatic heterocycles. The summed E-state index contributed by atoms with van der Waals surface area (Å²) in [6.07, 6.45) is 7.59. The van der Waals surface area contributed by atoms with Crippen LogP contribution in [0.2, 0.25) is 0 Å². The van der Waals surface area contributed by atoms with Crippen LogP contribution < -0.4 is 5.73 Å². The summed E-state index contributed by atoms with van der Waals surface area (Å²) in [5.41, 5.74) is 7.37. The number of primary amides is 1. The molecule has 22 heavy (non-hydrogen) atoms. The van der Waals surface area contributed by atoms with Crippen molar-refractivity contribution in [2.45, 2.75) is 19.5 Å². The van der Waals surface area contributed by atoms with Crippen molar-refractivity contribution in [3.8, 4) is 11.4 Å². The van der Waals surface area contributed by atoms with Crippen LogP contribution in [0.15, 0.2) is 55.1 Å². The number of aromatic nitrogens is 4. The minimum absolute atomic E-state index is 0.302. The smallest absolute Gasteiger partial charge is 0.219 e. The Hall–Kier alpha value is -2.89. The van der Waals surface area contributed by atoms with E-state index in [9.17, 15) is 4.79 Å². The Labute approximate surface area is 128 Å². The standard InChI is InChI=1S/C16H17N5O/c17-15(22)5-9-20-10-7-18-16(20)14-4-1-3-13(11-14)12-21-8-2-6-19-21/h1-4,6-8,10-11H,5,9,12H2,(H2,17,22). The predicted octanol–water partition coefficient (Wildman–Crippen LogP) is 1.67. The van der Waals surface area contributed by atoms with Gasteiger partial charge in [0.25, 0.3) is 0 Å². The highest BCUT2D eigenvalue weighted by Gasteiger charge is 2.08. The molecule has 0 aliphatic carbocycles. The third-order valence-corrected chi connectivity index (χ3v) is 3.40. The number of rotatable bonds is 6. The lowest BCUT2D eigenvalue weighted by Crippen LogP contribution is -2.14. The molecule has 2 N–H and O–H groups in total. The first-order chi connectivity index (χ1) is 10.7. The van der Waals surface area contributed by atoms with E-state index in [1.165, 1.54) is 0 Å². The van der Waals surface area contributed by atoms with E-state index in [-0.39, 0.29) is 5.91 Å². The molecule has 6 nitrogen and oxygen atoms in total. The van der Waals surface area contributed by atoms with E-state index in [2.05, 4.69) is 22.2 Å². The van der Waals surface area contributed by atoms with Gasteiger partial charge in [0.2, 0.25) is 5.91 Å². The quantitative estimate of drug-likeness (QED) is 0.751. The average molecular weight is 295 g/mol. The third kappa shape index (κ3) is 3.22. The minimum Gasteiger partial charge on any atom is -0.370 e. The molecule has 0 atom stereocenters. The summed E-state index contributed by atoms with van der Waals surface area (Å²) in [4.78, 5) is 15.3. The van der Waals surface area contributed by atoms with Crippen LogP contribution in [0.4, 0.5) is 0 Å². The van der Waals surface area contributed by atoms with Gasteiger partial charge < -0.3 is 10.3 Å². The topological polar surface area (TPSA) is 78.7 Å². The highest BCUT2D eigenvalue weighted by molar-refractivity contribution is 5.73. The Morgan fingerprint density at radius 3 is 2.86 bits per heavy atom. The fourth-order valence-corrected chi connectivity index (χ4v) is 2.37. The van der Waals surface area contributed by atoms with Gasteiger partial charge in [0.15, 0.2) is 0 Å². The summed E-state index contributed by atoms with van der Waals surface area (Å²) in [7, 11) is 0. The van der Waals surface area contributed by atoms with E-state index in [0.29, 0.717) is 19.5 Å². The molecule has 0 bridgehead atoms. The molecule has 112 valence electrons. The largest absolute Gasteiger partial charge is 0.370 e. The maximum absolute atomic E-state index is 11.0. The Morgan fingerprint density at radius 2 is 2.09 bits per heavy atom.